The van der Waals surface area contributed by atoms with Crippen molar-refractivity contribution in [2.24, 2.45) is 0 Å². The van der Waals surface area contributed by atoms with Gasteiger partial charge in [0.25, 0.3) is 11.6 Å². The van der Waals surface area contributed by atoms with Gasteiger partial charge in [-0.1, -0.05) is 11.8 Å². The number of benzene rings is 1. The number of amides is 1. The van der Waals surface area contributed by atoms with Crippen molar-refractivity contribution in [2.75, 3.05) is 26.2 Å². The molecule has 3 heterocycles. The molecule has 0 bridgehead atoms. The van der Waals surface area contributed by atoms with Crippen LogP contribution in [0.1, 0.15) is 36.8 Å². The summed E-state index contributed by atoms with van der Waals surface area (Å²) in [6.07, 6.45) is 1.69. The first-order valence-electron chi connectivity index (χ1n) is 11.6. The second-order valence-corrected chi connectivity index (χ2v) is 8.50. The lowest BCUT2D eigenvalue weighted by molar-refractivity contribution is -0.895. The highest BCUT2D eigenvalue weighted by molar-refractivity contribution is 6.46. The van der Waals surface area contributed by atoms with Crippen molar-refractivity contribution >= 4 is 28.8 Å². The molecule has 3 aromatic rings. The number of aromatic nitrogens is 2. The first kappa shape index (κ1) is 24.1. The fraction of sp³-hybridized carbons (Fsp3) is 0.320. The predicted octanol–water partition coefficient (Wildman–Crippen LogP) is 0.700. The van der Waals surface area contributed by atoms with Crippen LogP contribution < -0.4 is 10.0 Å². The number of pyridine rings is 1. The van der Waals surface area contributed by atoms with Gasteiger partial charge in [-0.25, -0.2) is 4.98 Å². The van der Waals surface area contributed by atoms with Gasteiger partial charge in [-0.2, -0.15) is 0 Å². The van der Waals surface area contributed by atoms with Crippen LogP contribution >= 0.6 is 0 Å². The minimum Gasteiger partial charge on any atom is -0.871 e. The summed E-state index contributed by atoms with van der Waals surface area (Å²) >= 11 is 0. The van der Waals surface area contributed by atoms with Crippen molar-refractivity contribution in [1.29, 1.82) is 0 Å². The number of nitro groups is 1. The Morgan fingerprint density at radius 2 is 1.80 bits per heavy atom. The Morgan fingerprint density at radius 1 is 1.11 bits per heavy atom. The van der Waals surface area contributed by atoms with E-state index in [0.29, 0.717) is 23.4 Å². The molecular weight excluding hydrogens is 450 g/mol. The Hall–Kier alpha value is -4.05. The Bertz CT molecular complexity index is 1320. The third-order valence-corrected chi connectivity index (χ3v) is 6.57. The van der Waals surface area contributed by atoms with Crippen LogP contribution in [0.5, 0.6) is 0 Å². The molecule has 0 radical (unpaired) electrons. The minimum atomic E-state index is -0.938. The molecule has 1 aliphatic heterocycles. The van der Waals surface area contributed by atoms with E-state index < -0.39 is 28.4 Å². The Kier molecular flexibility index (Phi) is 6.65. The number of likely N-dealkylation sites (tertiary alicyclic amines) is 1. The summed E-state index contributed by atoms with van der Waals surface area (Å²) in [4.78, 5) is 44.1. The van der Waals surface area contributed by atoms with Crippen molar-refractivity contribution in [3.05, 3.63) is 81.3 Å². The lowest BCUT2D eigenvalue weighted by atomic mass is 9.96. The summed E-state index contributed by atoms with van der Waals surface area (Å²) in [5.74, 6) is -2.16. The average Bonchev–Trinajstić information content (AvgIpc) is 3.32. The molecular formula is C25H27N5O5. The SMILES string of the molecule is CC[NH+](CC)CCN1C(=O)C(=O)C(=C([O-])c2c(C)nc3ccccn23)C1c1ccc([N+](=O)[O-])cc1. The molecule has 1 N–H and O–H groups in total. The highest BCUT2D eigenvalue weighted by Crippen LogP contribution is 2.39. The van der Waals surface area contributed by atoms with E-state index in [4.69, 9.17) is 0 Å². The third kappa shape index (κ3) is 4.28. The number of hydrogen-bond donors (Lipinski definition) is 1. The van der Waals surface area contributed by atoms with E-state index in [1.807, 2.05) is 13.8 Å². The molecule has 0 saturated carbocycles. The van der Waals surface area contributed by atoms with Crippen LogP contribution in [0.2, 0.25) is 0 Å². The molecule has 1 amide bonds. The third-order valence-electron chi connectivity index (χ3n) is 6.57. The molecule has 1 aromatic carbocycles. The van der Waals surface area contributed by atoms with Crippen molar-refractivity contribution in [3.63, 3.8) is 0 Å². The van der Waals surface area contributed by atoms with Gasteiger partial charge in [0.1, 0.15) is 5.65 Å². The van der Waals surface area contributed by atoms with Gasteiger partial charge in [0, 0.05) is 23.9 Å². The number of aryl methyl sites for hydroxylation is 1. The maximum absolute atomic E-state index is 13.8. The molecule has 4 rings (SSSR count). The molecule has 1 aliphatic rings. The van der Waals surface area contributed by atoms with Crippen LogP contribution in [-0.2, 0) is 9.59 Å². The molecule has 10 nitrogen and oxygen atoms in total. The second-order valence-electron chi connectivity index (χ2n) is 8.50. The Balaban J connectivity index is 1.88. The van der Waals surface area contributed by atoms with Crippen LogP contribution in [0.4, 0.5) is 5.69 Å². The maximum Gasteiger partial charge on any atom is 0.295 e. The van der Waals surface area contributed by atoms with Crippen LogP contribution in [0.3, 0.4) is 0 Å². The number of non-ortho nitro benzene ring substituents is 1. The summed E-state index contributed by atoms with van der Waals surface area (Å²) in [7, 11) is 0. The zero-order chi connectivity index (χ0) is 25.3. The highest BCUT2D eigenvalue weighted by atomic mass is 16.6. The molecule has 35 heavy (non-hydrogen) atoms. The fourth-order valence-electron chi connectivity index (χ4n) is 4.62. The quantitative estimate of drug-likeness (QED) is 0.167. The molecule has 1 fully saturated rings. The zero-order valence-electron chi connectivity index (χ0n) is 19.9. The largest absolute Gasteiger partial charge is 0.871 e. The number of Topliss-reactive ketones (excluding diaryl/α,β-unsaturated/α-hetero) is 1. The summed E-state index contributed by atoms with van der Waals surface area (Å²) in [5.41, 5.74) is 1.42. The topological polar surface area (TPSA) is 125 Å². The van der Waals surface area contributed by atoms with Gasteiger partial charge in [0.2, 0.25) is 5.78 Å². The highest BCUT2D eigenvalue weighted by Gasteiger charge is 2.44. The van der Waals surface area contributed by atoms with Crippen LogP contribution in [-0.4, -0.2) is 57.1 Å². The van der Waals surface area contributed by atoms with Crippen molar-refractivity contribution in [3.8, 4) is 0 Å². The van der Waals surface area contributed by atoms with E-state index in [-0.39, 0.29) is 23.5 Å². The summed E-state index contributed by atoms with van der Waals surface area (Å²) < 4.78 is 1.61. The number of ketones is 1. The molecule has 1 saturated heterocycles. The van der Waals surface area contributed by atoms with Gasteiger partial charge in [-0.3, -0.25) is 19.7 Å². The van der Waals surface area contributed by atoms with E-state index in [2.05, 4.69) is 4.98 Å². The van der Waals surface area contributed by atoms with Gasteiger partial charge >= 0.3 is 0 Å². The summed E-state index contributed by atoms with van der Waals surface area (Å²) in [6.45, 7) is 8.34. The number of rotatable bonds is 8. The average molecular weight is 478 g/mol. The number of quaternary nitrogens is 1. The first-order chi connectivity index (χ1) is 16.8. The van der Waals surface area contributed by atoms with Gasteiger partial charge in [0.15, 0.2) is 0 Å². The monoisotopic (exact) mass is 477 g/mol. The normalized spacial score (nSPS) is 17.6. The van der Waals surface area contributed by atoms with Gasteiger partial charge < -0.3 is 19.3 Å². The summed E-state index contributed by atoms with van der Waals surface area (Å²) in [6, 6.07) is 10.0. The summed E-state index contributed by atoms with van der Waals surface area (Å²) in [5, 5.41) is 25.0. The standard InChI is InChI=1S/C25H27N5O5/c1-4-27(5-2)14-15-29-22(17-9-11-18(12-10-17)30(34)35)20(24(32)25(29)33)23(31)21-16(3)26-19-8-6-7-13-28(19)21/h6-13,22,31H,4-5,14-15H2,1-3H3. The van der Waals surface area contributed by atoms with E-state index in [0.717, 1.165) is 13.1 Å². The van der Waals surface area contributed by atoms with Crippen molar-refractivity contribution in [2.45, 2.75) is 26.8 Å². The number of carbonyl (C=O) groups excluding carboxylic acids is 2. The molecule has 2 aromatic heterocycles. The fourth-order valence-corrected chi connectivity index (χ4v) is 4.62. The lowest BCUT2D eigenvalue weighted by Gasteiger charge is -2.28. The van der Waals surface area contributed by atoms with Gasteiger partial charge in [-0.05, 0) is 50.6 Å². The number of likely N-dealkylation sites (N-methyl/N-ethyl adjacent to an activating group) is 1. The van der Waals surface area contributed by atoms with Crippen LogP contribution in [0.15, 0.2) is 54.2 Å². The second kappa shape index (κ2) is 9.67. The zero-order valence-corrected chi connectivity index (χ0v) is 19.9. The van der Waals surface area contributed by atoms with Crippen molar-refractivity contribution < 1.29 is 24.5 Å². The molecule has 182 valence electrons. The molecule has 0 aliphatic carbocycles. The van der Waals surface area contributed by atoms with Gasteiger partial charge in [-0.15, -0.1) is 0 Å². The van der Waals surface area contributed by atoms with Gasteiger partial charge in [0.05, 0.1) is 48.5 Å². The van der Waals surface area contributed by atoms with E-state index >= 15 is 0 Å². The molecule has 1 unspecified atom stereocenters. The number of carbonyl (C=O) groups is 2. The molecule has 0 spiro atoms. The number of fused-ring (bicyclic) bond motifs is 1. The Labute approximate surface area is 202 Å². The first-order valence-corrected chi connectivity index (χ1v) is 11.6. The Morgan fingerprint density at radius 3 is 2.43 bits per heavy atom. The number of imidazole rings is 1. The number of nitro benzene ring substituents is 1. The van der Waals surface area contributed by atoms with Crippen LogP contribution in [0, 0.1) is 17.0 Å². The maximum atomic E-state index is 13.8. The number of hydrogen-bond acceptors (Lipinski definition) is 6. The van der Waals surface area contributed by atoms with Crippen molar-refractivity contribution in [1.82, 2.24) is 14.3 Å². The molecule has 1 atom stereocenters. The minimum absolute atomic E-state index is 0.117. The van der Waals surface area contributed by atoms with Crippen LogP contribution in [0.25, 0.3) is 11.4 Å². The molecule has 10 heteroatoms. The van der Waals surface area contributed by atoms with E-state index in [1.165, 1.54) is 34.1 Å². The predicted molar refractivity (Wildman–Crippen MR) is 126 cm³/mol. The van der Waals surface area contributed by atoms with E-state index in [9.17, 15) is 24.8 Å². The van der Waals surface area contributed by atoms with E-state index in [1.54, 1.807) is 35.7 Å². The smallest absolute Gasteiger partial charge is 0.295 e. The lowest BCUT2D eigenvalue weighted by Crippen LogP contribution is -3.12. The number of nitrogens with one attached hydrogen (secondary N) is 1. The number of nitrogens with zero attached hydrogens (tertiary/aromatic N) is 4.